The van der Waals surface area contributed by atoms with Crippen LogP contribution in [0, 0.1) is 0 Å². The second-order valence-corrected chi connectivity index (χ2v) is 5.78. The Morgan fingerprint density at radius 2 is 1.86 bits per heavy atom. The minimum absolute atomic E-state index is 0.00593. The molecular formula is C18H20N2O. The van der Waals surface area contributed by atoms with E-state index < -0.39 is 0 Å². The topological polar surface area (TPSA) is 41.1 Å². The van der Waals surface area contributed by atoms with Gasteiger partial charge in [-0.05, 0) is 29.2 Å². The summed E-state index contributed by atoms with van der Waals surface area (Å²) in [6.07, 6.45) is 0. The zero-order chi connectivity index (χ0) is 14.8. The first kappa shape index (κ1) is 13.7. The van der Waals surface area contributed by atoms with E-state index in [1.165, 1.54) is 5.56 Å². The van der Waals surface area contributed by atoms with Crippen LogP contribution in [0.25, 0.3) is 0 Å². The average molecular weight is 280 g/mol. The number of nitrogens with one attached hydrogen (secondary N) is 2. The maximum atomic E-state index is 12.5. The van der Waals surface area contributed by atoms with E-state index in [2.05, 4.69) is 30.5 Å². The van der Waals surface area contributed by atoms with Crippen molar-refractivity contribution in [2.24, 2.45) is 0 Å². The van der Waals surface area contributed by atoms with Crippen LogP contribution >= 0.6 is 0 Å². The predicted octanol–water partition coefficient (Wildman–Crippen LogP) is 3.71. The maximum absolute atomic E-state index is 12.5. The summed E-state index contributed by atoms with van der Waals surface area (Å²) in [6, 6.07) is 16.2. The molecule has 1 aliphatic rings. The summed E-state index contributed by atoms with van der Waals surface area (Å²) in [6.45, 7) is 4.97. The zero-order valence-corrected chi connectivity index (χ0v) is 12.4. The van der Waals surface area contributed by atoms with Crippen molar-refractivity contribution in [1.82, 2.24) is 5.32 Å². The fourth-order valence-electron chi connectivity index (χ4n) is 2.65. The van der Waals surface area contributed by atoms with E-state index in [0.29, 0.717) is 12.5 Å². The number of carbonyl (C=O) groups is 1. The molecule has 0 aromatic heterocycles. The summed E-state index contributed by atoms with van der Waals surface area (Å²) in [5.74, 6) is 0.405. The Hall–Kier alpha value is -2.29. The zero-order valence-electron chi connectivity index (χ0n) is 12.4. The fraction of sp³-hybridized carbons (Fsp3) is 0.278. The molecule has 3 rings (SSSR count). The molecule has 1 atom stereocenters. The van der Waals surface area contributed by atoms with Crippen molar-refractivity contribution in [3.05, 3.63) is 65.2 Å². The molecule has 2 aromatic rings. The molecule has 108 valence electrons. The highest BCUT2D eigenvalue weighted by atomic mass is 16.1. The first-order valence-corrected chi connectivity index (χ1v) is 7.39. The van der Waals surface area contributed by atoms with Gasteiger partial charge in [0.05, 0.1) is 11.6 Å². The van der Waals surface area contributed by atoms with Crippen LogP contribution in [0.5, 0.6) is 0 Å². The van der Waals surface area contributed by atoms with Crippen LogP contribution in [0.15, 0.2) is 48.5 Å². The van der Waals surface area contributed by atoms with Gasteiger partial charge in [0.2, 0.25) is 0 Å². The average Bonchev–Trinajstić information content (AvgIpc) is 2.67. The molecule has 2 aromatic carbocycles. The van der Waals surface area contributed by atoms with E-state index in [1.807, 2.05) is 42.5 Å². The van der Waals surface area contributed by atoms with Crippen molar-refractivity contribution in [3.63, 3.8) is 0 Å². The highest BCUT2D eigenvalue weighted by Gasteiger charge is 2.22. The molecule has 0 spiro atoms. The van der Waals surface area contributed by atoms with Gasteiger partial charge in [0.15, 0.2) is 0 Å². The molecule has 1 unspecified atom stereocenters. The molecule has 21 heavy (non-hydrogen) atoms. The molecule has 1 amide bonds. The Labute approximate surface area is 125 Å². The second-order valence-electron chi connectivity index (χ2n) is 5.78. The lowest BCUT2D eigenvalue weighted by molar-refractivity contribution is 0.0942. The van der Waals surface area contributed by atoms with Gasteiger partial charge in [-0.25, -0.2) is 0 Å². The van der Waals surface area contributed by atoms with Gasteiger partial charge >= 0.3 is 0 Å². The third-order valence-electron chi connectivity index (χ3n) is 3.96. The lowest BCUT2D eigenvalue weighted by Crippen LogP contribution is -2.29. The second kappa shape index (κ2) is 5.60. The summed E-state index contributed by atoms with van der Waals surface area (Å²) >= 11 is 0. The van der Waals surface area contributed by atoms with Crippen LogP contribution in [0.2, 0.25) is 0 Å². The number of rotatable bonds is 2. The SMILES string of the molecule is CC(C)c1ccc2c(c1)C(=O)NC(c1ccccc1)CN2. The third-order valence-corrected chi connectivity index (χ3v) is 3.96. The van der Waals surface area contributed by atoms with E-state index in [4.69, 9.17) is 0 Å². The number of fused-ring (bicyclic) bond motifs is 1. The molecule has 1 heterocycles. The number of hydrogen-bond acceptors (Lipinski definition) is 2. The molecule has 0 aliphatic carbocycles. The number of benzene rings is 2. The first-order chi connectivity index (χ1) is 10.1. The van der Waals surface area contributed by atoms with Gasteiger partial charge in [0.25, 0.3) is 5.91 Å². The standard InChI is InChI=1S/C18H20N2O/c1-12(2)14-8-9-16-15(10-14)18(21)20-17(11-19-16)13-6-4-3-5-7-13/h3-10,12,17,19H,11H2,1-2H3,(H,20,21). The Morgan fingerprint density at radius 3 is 2.57 bits per heavy atom. The molecule has 0 bridgehead atoms. The van der Waals surface area contributed by atoms with Crippen LogP contribution in [-0.2, 0) is 0 Å². The minimum atomic E-state index is -0.00801. The largest absolute Gasteiger partial charge is 0.382 e. The van der Waals surface area contributed by atoms with Gasteiger partial charge in [-0.2, -0.15) is 0 Å². The number of anilines is 1. The molecule has 3 heteroatoms. The monoisotopic (exact) mass is 280 g/mol. The summed E-state index contributed by atoms with van der Waals surface area (Å²) in [5.41, 5.74) is 3.95. The van der Waals surface area contributed by atoms with E-state index in [9.17, 15) is 4.79 Å². The Kier molecular flexibility index (Phi) is 3.65. The Bertz CT molecular complexity index is 650. The highest BCUT2D eigenvalue weighted by molar-refractivity contribution is 6.00. The number of hydrogen-bond donors (Lipinski definition) is 2. The van der Waals surface area contributed by atoms with E-state index in [1.54, 1.807) is 0 Å². The van der Waals surface area contributed by atoms with Crippen LogP contribution in [0.3, 0.4) is 0 Å². The lowest BCUT2D eigenvalue weighted by Gasteiger charge is -2.16. The fourth-order valence-corrected chi connectivity index (χ4v) is 2.65. The lowest BCUT2D eigenvalue weighted by atomic mass is 9.99. The van der Waals surface area contributed by atoms with Gasteiger partial charge in [-0.1, -0.05) is 50.2 Å². The maximum Gasteiger partial charge on any atom is 0.253 e. The normalized spacial score (nSPS) is 17.7. The van der Waals surface area contributed by atoms with Crippen LogP contribution in [-0.4, -0.2) is 12.5 Å². The van der Waals surface area contributed by atoms with Gasteiger partial charge < -0.3 is 10.6 Å². The predicted molar refractivity (Wildman–Crippen MR) is 85.7 cm³/mol. The van der Waals surface area contributed by atoms with Crippen LogP contribution in [0.4, 0.5) is 5.69 Å². The summed E-state index contributed by atoms with van der Waals surface area (Å²) in [7, 11) is 0. The van der Waals surface area contributed by atoms with Gasteiger partial charge in [0, 0.05) is 12.2 Å². The van der Waals surface area contributed by atoms with Crippen molar-refractivity contribution in [1.29, 1.82) is 0 Å². The Morgan fingerprint density at radius 1 is 1.10 bits per heavy atom. The Balaban J connectivity index is 1.91. The van der Waals surface area contributed by atoms with Gasteiger partial charge in [0.1, 0.15) is 0 Å². The summed E-state index contributed by atoms with van der Waals surface area (Å²) in [5, 5.41) is 6.50. The summed E-state index contributed by atoms with van der Waals surface area (Å²) < 4.78 is 0. The third kappa shape index (κ3) is 2.77. The smallest absolute Gasteiger partial charge is 0.253 e. The quantitative estimate of drug-likeness (QED) is 0.880. The van der Waals surface area contributed by atoms with Crippen molar-refractivity contribution in [3.8, 4) is 0 Å². The van der Waals surface area contributed by atoms with E-state index in [0.717, 1.165) is 16.8 Å². The molecule has 2 N–H and O–H groups in total. The highest BCUT2D eigenvalue weighted by Crippen LogP contribution is 2.26. The molecule has 0 radical (unpaired) electrons. The van der Waals surface area contributed by atoms with E-state index in [-0.39, 0.29) is 11.9 Å². The molecule has 1 aliphatic heterocycles. The molecule has 0 fully saturated rings. The van der Waals surface area contributed by atoms with Crippen LogP contribution in [0.1, 0.15) is 47.3 Å². The van der Waals surface area contributed by atoms with Crippen molar-refractivity contribution in [2.75, 3.05) is 11.9 Å². The molecule has 0 saturated carbocycles. The van der Waals surface area contributed by atoms with Crippen LogP contribution < -0.4 is 10.6 Å². The number of carbonyl (C=O) groups excluding carboxylic acids is 1. The molecule has 3 nitrogen and oxygen atoms in total. The van der Waals surface area contributed by atoms with E-state index >= 15 is 0 Å². The minimum Gasteiger partial charge on any atom is -0.382 e. The van der Waals surface area contributed by atoms with Gasteiger partial charge in [-0.3, -0.25) is 4.79 Å². The summed E-state index contributed by atoms with van der Waals surface area (Å²) in [4.78, 5) is 12.5. The van der Waals surface area contributed by atoms with Gasteiger partial charge in [-0.15, -0.1) is 0 Å². The van der Waals surface area contributed by atoms with Crippen molar-refractivity contribution >= 4 is 11.6 Å². The number of amides is 1. The molecule has 0 saturated heterocycles. The first-order valence-electron chi connectivity index (χ1n) is 7.39. The molecular weight excluding hydrogens is 260 g/mol. The van der Waals surface area contributed by atoms with Crippen molar-refractivity contribution in [2.45, 2.75) is 25.8 Å². The van der Waals surface area contributed by atoms with Crippen molar-refractivity contribution < 1.29 is 4.79 Å².